The van der Waals surface area contributed by atoms with Crippen LogP contribution in [0.4, 0.5) is 0 Å². The van der Waals surface area contributed by atoms with E-state index in [2.05, 4.69) is 0 Å². The highest BCUT2D eigenvalue weighted by Crippen LogP contribution is 2.56. The number of ether oxygens (including phenoxy) is 4. The van der Waals surface area contributed by atoms with E-state index in [9.17, 15) is 9.59 Å². The smallest absolute Gasteiger partial charge is 0.249 e. The Balaban J connectivity index is 2.06. The largest absolute Gasteiger partial charge is 0.496 e. The predicted molar refractivity (Wildman–Crippen MR) is 139 cm³/mol. The zero-order chi connectivity index (χ0) is 25.9. The third kappa shape index (κ3) is 4.12. The second-order valence-corrected chi connectivity index (χ2v) is 10.4. The Hall–Kier alpha value is -4.09. The zero-order valence-electron chi connectivity index (χ0n) is 20.3. The van der Waals surface area contributed by atoms with Crippen LogP contribution in [0.25, 0.3) is 10.8 Å². The lowest BCUT2D eigenvalue weighted by Gasteiger charge is -2.21. The van der Waals surface area contributed by atoms with Gasteiger partial charge in [-0.05, 0) is 47.2 Å². The van der Waals surface area contributed by atoms with Gasteiger partial charge >= 0.3 is 0 Å². The SMILES string of the molecule is COc1cccc(OC)c1C(=O)P(=O)(C(=O)c1c(OC)cccc1OC)c1ccc2ccccc2c1. The van der Waals surface area contributed by atoms with Crippen LogP contribution in [0.2, 0.25) is 0 Å². The number of rotatable bonds is 9. The number of hydrogen-bond acceptors (Lipinski definition) is 7. The summed E-state index contributed by atoms with van der Waals surface area (Å²) < 4.78 is 36.6. The monoisotopic (exact) mass is 504 g/mol. The van der Waals surface area contributed by atoms with Crippen molar-refractivity contribution in [1.82, 2.24) is 0 Å². The first kappa shape index (κ1) is 25.0. The van der Waals surface area contributed by atoms with Gasteiger partial charge in [-0.2, -0.15) is 0 Å². The van der Waals surface area contributed by atoms with E-state index in [1.54, 1.807) is 54.6 Å². The molecule has 0 aliphatic rings. The molecule has 0 amide bonds. The van der Waals surface area contributed by atoms with Crippen molar-refractivity contribution in [2.45, 2.75) is 0 Å². The van der Waals surface area contributed by atoms with Crippen molar-refractivity contribution in [3.8, 4) is 23.0 Å². The van der Waals surface area contributed by atoms with Crippen molar-refractivity contribution < 1.29 is 33.1 Å². The molecule has 0 bridgehead atoms. The topological polar surface area (TPSA) is 88.1 Å². The van der Waals surface area contributed by atoms with Gasteiger partial charge < -0.3 is 23.5 Å². The molecule has 0 heterocycles. The van der Waals surface area contributed by atoms with E-state index in [4.69, 9.17) is 18.9 Å². The molecule has 7 nitrogen and oxygen atoms in total. The normalized spacial score (nSPS) is 11.1. The van der Waals surface area contributed by atoms with E-state index in [0.29, 0.717) is 0 Å². The summed E-state index contributed by atoms with van der Waals surface area (Å²) in [5, 5.41) is 1.68. The van der Waals surface area contributed by atoms with Gasteiger partial charge in [-0.3, -0.25) is 9.59 Å². The Kier molecular flexibility index (Phi) is 7.13. The van der Waals surface area contributed by atoms with Gasteiger partial charge in [-0.1, -0.05) is 42.5 Å². The van der Waals surface area contributed by atoms with Crippen LogP contribution in [-0.4, -0.2) is 39.5 Å². The molecule has 184 valence electrons. The Bertz CT molecular complexity index is 1390. The minimum Gasteiger partial charge on any atom is -0.496 e. The van der Waals surface area contributed by atoms with Crippen LogP contribution in [0, 0.1) is 0 Å². The summed E-state index contributed by atoms with van der Waals surface area (Å²) in [4.78, 5) is 28.5. The van der Waals surface area contributed by atoms with Crippen LogP contribution < -0.4 is 24.3 Å². The summed E-state index contributed by atoms with van der Waals surface area (Å²) >= 11 is 0. The van der Waals surface area contributed by atoms with Gasteiger partial charge in [0.05, 0.1) is 28.4 Å². The average molecular weight is 504 g/mol. The highest BCUT2D eigenvalue weighted by atomic mass is 31.2. The van der Waals surface area contributed by atoms with Crippen LogP contribution in [0.5, 0.6) is 23.0 Å². The Labute approximate surface area is 208 Å². The van der Waals surface area contributed by atoms with Gasteiger partial charge in [0.15, 0.2) is 0 Å². The lowest BCUT2D eigenvalue weighted by molar-refractivity contribution is 0.103. The van der Waals surface area contributed by atoms with Crippen LogP contribution in [0.1, 0.15) is 20.7 Å². The highest BCUT2D eigenvalue weighted by Gasteiger charge is 2.47. The van der Waals surface area contributed by atoms with Crippen LogP contribution in [0.3, 0.4) is 0 Å². The first-order chi connectivity index (χ1) is 17.4. The van der Waals surface area contributed by atoms with Crippen LogP contribution in [-0.2, 0) is 4.57 Å². The minimum atomic E-state index is -4.56. The summed E-state index contributed by atoms with van der Waals surface area (Å²) in [5.41, 5.74) is -1.99. The molecule has 0 atom stereocenters. The average Bonchev–Trinajstić information content (AvgIpc) is 2.94. The highest BCUT2D eigenvalue weighted by molar-refractivity contribution is 8.01. The Morgan fingerprint density at radius 2 is 0.972 bits per heavy atom. The number of methoxy groups -OCH3 is 4. The molecular weight excluding hydrogens is 479 g/mol. The molecule has 0 fully saturated rings. The molecule has 4 aromatic carbocycles. The molecule has 0 aliphatic heterocycles. The molecule has 36 heavy (non-hydrogen) atoms. The fourth-order valence-corrected chi connectivity index (χ4v) is 6.47. The number of fused-ring (bicyclic) bond motifs is 1. The maximum Gasteiger partial charge on any atom is 0.249 e. The molecule has 4 aromatic rings. The summed E-state index contributed by atoms with van der Waals surface area (Å²) in [6.07, 6.45) is 0. The molecule has 4 rings (SSSR count). The molecular formula is C28H25O7P. The van der Waals surface area contributed by atoms with Gasteiger partial charge in [0.2, 0.25) is 18.2 Å². The van der Waals surface area contributed by atoms with E-state index in [1.807, 2.05) is 24.3 Å². The maximum absolute atomic E-state index is 15.0. The minimum absolute atomic E-state index is 0.0807. The van der Waals surface area contributed by atoms with Gasteiger partial charge in [-0.15, -0.1) is 0 Å². The number of carbonyl (C=O) groups is 2. The molecule has 0 N–H and O–H groups in total. The van der Waals surface area contributed by atoms with Crippen LogP contribution in [0.15, 0.2) is 78.9 Å². The summed E-state index contributed by atoms with van der Waals surface area (Å²) in [6.45, 7) is 0. The number of benzene rings is 4. The molecule has 0 saturated carbocycles. The quantitative estimate of drug-likeness (QED) is 0.277. The molecule has 0 aromatic heterocycles. The summed E-state index contributed by atoms with van der Waals surface area (Å²) in [6, 6.07) is 21.8. The van der Waals surface area contributed by atoms with Crippen molar-refractivity contribution in [1.29, 1.82) is 0 Å². The van der Waals surface area contributed by atoms with E-state index in [1.165, 1.54) is 28.4 Å². The lowest BCUT2D eigenvalue weighted by atomic mass is 10.1. The molecule has 0 unspecified atom stereocenters. The van der Waals surface area contributed by atoms with Crippen molar-refractivity contribution >= 4 is 34.3 Å². The Morgan fingerprint density at radius 1 is 0.556 bits per heavy atom. The van der Waals surface area contributed by atoms with Gasteiger partial charge in [0.25, 0.3) is 0 Å². The standard InChI is InChI=1S/C28H25O7P/c1-32-21-11-7-12-22(33-2)25(21)27(29)36(31,20-16-15-18-9-5-6-10-19(18)17-20)28(30)26-23(34-3)13-8-14-24(26)35-4/h5-17H,1-4H3. The third-order valence-corrected chi connectivity index (χ3v) is 8.55. The number of carbonyl (C=O) groups excluding carboxylic acids is 2. The first-order valence-corrected chi connectivity index (χ1v) is 12.7. The first-order valence-electron chi connectivity index (χ1n) is 11.0. The van der Waals surface area contributed by atoms with Gasteiger partial charge in [-0.25, -0.2) is 0 Å². The Morgan fingerprint density at radius 3 is 1.39 bits per heavy atom. The van der Waals surface area contributed by atoms with E-state index in [-0.39, 0.29) is 39.4 Å². The molecule has 0 spiro atoms. The second-order valence-electron chi connectivity index (χ2n) is 7.83. The van der Waals surface area contributed by atoms with Gasteiger partial charge in [0, 0.05) is 5.30 Å². The zero-order valence-corrected chi connectivity index (χ0v) is 21.2. The van der Waals surface area contributed by atoms with Crippen molar-refractivity contribution in [2.75, 3.05) is 28.4 Å². The molecule has 0 aliphatic carbocycles. The number of hydrogen-bond donors (Lipinski definition) is 0. The molecule has 0 saturated heterocycles. The third-order valence-electron chi connectivity index (χ3n) is 5.95. The maximum atomic E-state index is 15.0. The van der Waals surface area contributed by atoms with Gasteiger partial charge in [0.1, 0.15) is 34.1 Å². The summed E-state index contributed by atoms with van der Waals surface area (Å²) in [7, 11) is 0.986. The fraction of sp³-hybridized carbons (Fsp3) is 0.143. The lowest BCUT2D eigenvalue weighted by Crippen LogP contribution is -2.22. The molecule has 0 radical (unpaired) electrons. The van der Waals surface area contributed by atoms with Crippen molar-refractivity contribution in [3.05, 3.63) is 90.0 Å². The van der Waals surface area contributed by atoms with Crippen LogP contribution >= 0.6 is 7.14 Å². The summed E-state index contributed by atoms with van der Waals surface area (Å²) in [5.74, 6) is 0.556. The second kappa shape index (κ2) is 10.3. The van der Waals surface area contributed by atoms with Crippen molar-refractivity contribution in [2.24, 2.45) is 0 Å². The van der Waals surface area contributed by atoms with E-state index >= 15 is 4.57 Å². The van der Waals surface area contributed by atoms with E-state index in [0.717, 1.165) is 10.8 Å². The van der Waals surface area contributed by atoms with E-state index < -0.39 is 18.2 Å². The predicted octanol–water partition coefficient (Wildman–Crippen LogP) is 5.54. The fourth-order valence-electron chi connectivity index (χ4n) is 4.14. The molecule has 8 heteroatoms. The van der Waals surface area contributed by atoms with Crippen molar-refractivity contribution in [3.63, 3.8) is 0 Å².